The first-order valence-corrected chi connectivity index (χ1v) is 12.7. The lowest BCUT2D eigenvalue weighted by Gasteiger charge is -2.28. The average molecular weight is 489 g/mol. The molecule has 0 amide bonds. The third kappa shape index (κ3) is 4.37. The van der Waals surface area contributed by atoms with Crippen molar-refractivity contribution in [1.82, 2.24) is 4.57 Å². The summed E-state index contributed by atoms with van der Waals surface area (Å²) in [4.78, 5) is 15.4. The Morgan fingerprint density at radius 1 is 1.19 bits per heavy atom. The van der Waals surface area contributed by atoms with Crippen LogP contribution in [0.2, 0.25) is 0 Å². The summed E-state index contributed by atoms with van der Waals surface area (Å²) in [6, 6.07) is 12.0. The number of carbonyl (C=O) groups excluding carboxylic acids is 1. The van der Waals surface area contributed by atoms with Gasteiger partial charge in [0.2, 0.25) is 0 Å². The molecule has 0 unspecified atom stereocenters. The predicted molar refractivity (Wildman–Crippen MR) is 139 cm³/mol. The van der Waals surface area contributed by atoms with Crippen molar-refractivity contribution in [3.05, 3.63) is 58.0 Å². The molecule has 1 aliphatic carbocycles. The number of ether oxygens (including phenoxy) is 3. The molecule has 1 aromatic heterocycles. The van der Waals surface area contributed by atoms with Gasteiger partial charge in [-0.15, -0.1) is 0 Å². The van der Waals surface area contributed by atoms with Gasteiger partial charge in [-0.05, 0) is 60.5 Å². The Hall–Kier alpha value is -3.64. The number of fused-ring (bicyclic) bond motifs is 5. The van der Waals surface area contributed by atoms with E-state index in [1.165, 1.54) is 37.3 Å². The first-order chi connectivity index (χ1) is 17.7. The van der Waals surface area contributed by atoms with Crippen molar-refractivity contribution in [3.8, 4) is 22.8 Å². The summed E-state index contributed by atoms with van der Waals surface area (Å²) in [6.07, 6.45) is 6.69. The first-order valence-electron chi connectivity index (χ1n) is 12.7. The van der Waals surface area contributed by atoms with Crippen LogP contribution in [0.3, 0.4) is 0 Å². The molecule has 0 saturated heterocycles. The molecule has 8 nitrogen and oxygen atoms in total. The van der Waals surface area contributed by atoms with Crippen LogP contribution in [0.5, 0.6) is 11.5 Å². The highest BCUT2D eigenvalue weighted by atomic mass is 16.5. The first kappa shape index (κ1) is 24.1. The summed E-state index contributed by atoms with van der Waals surface area (Å²) in [5.74, 6) is 1.64. The molecule has 0 bridgehead atoms. The van der Waals surface area contributed by atoms with Crippen LogP contribution in [0.25, 0.3) is 32.6 Å². The van der Waals surface area contributed by atoms with Gasteiger partial charge in [-0.2, -0.15) is 0 Å². The summed E-state index contributed by atoms with van der Waals surface area (Å²) < 4.78 is 19.5. The van der Waals surface area contributed by atoms with E-state index in [4.69, 9.17) is 19.7 Å². The Morgan fingerprint density at radius 2 is 2.03 bits per heavy atom. The summed E-state index contributed by atoms with van der Waals surface area (Å²) in [6.45, 7) is 1.57. The van der Waals surface area contributed by atoms with Crippen LogP contribution >= 0.6 is 0 Å². The zero-order valence-electron chi connectivity index (χ0n) is 20.9. The van der Waals surface area contributed by atoms with Gasteiger partial charge in [0.1, 0.15) is 0 Å². The molecule has 2 aromatic carbocycles. The van der Waals surface area contributed by atoms with E-state index < -0.39 is 0 Å². The number of nitrogens with zero attached hydrogens (tertiary/aromatic N) is 4. The number of methoxy groups -OCH3 is 2. The van der Waals surface area contributed by atoms with Crippen LogP contribution in [0.15, 0.2) is 41.5 Å². The van der Waals surface area contributed by atoms with Gasteiger partial charge in [-0.1, -0.05) is 36.5 Å². The number of rotatable bonds is 6. The second kappa shape index (κ2) is 10.5. The summed E-state index contributed by atoms with van der Waals surface area (Å²) in [7, 11) is 3.07. The molecule has 1 saturated carbocycles. The third-order valence-corrected chi connectivity index (χ3v) is 7.60. The van der Waals surface area contributed by atoms with E-state index in [0.717, 1.165) is 35.4 Å². The molecule has 0 radical (unpaired) electrons. The molecule has 36 heavy (non-hydrogen) atoms. The Kier molecular flexibility index (Phi) is 7.05. The molecule has 5 rings (SSSR count). The lowest BCUT2D eigenvalue weighted by Crippen LogP contribution is -2.23. The maximum atomic E-state index is 12.5. The van der Waals surface area contributed by atoms with Gasteiger partial charge >= 0.3 is 5.97 Å². The van der Waals surface area contributed by atoms with Gasteiger partial charge in [-0.25, -0.2) is 4.79 Å². The monoisotopic (exact) mass is 488 g/mol. The molecule has 1 fully saturated rings. The predicted octanol–water partition coefficient (Wildman–Crippen LogP) is 6.86. The van der Waals surface area contributed by atoms with Gasteiger partial charge in [0.15, 0.2) is 11.5 Å². The molecule has 8 heteroatoms. The highest BCUT2D eigenvalue weighted by Crippen LogP contribution is 2.49. The summed E-state index contributed by atoms with van der Waals surface area (Å²) >= 11 is 0. The van der Waals surface area contributed by atoms with Crippen molar-refractivity contribution in [2.24, 2.45) is 11.0 Å². The lowest BCUT2D eigenvalue weighted by molar-refractivity contribution is 0.0601. The van der Waals surface area contributed by atoms with Crippen molar-refractivity contribution < 1.29 is 19.0 Å². The molecule has 0 N–H and O–H groups in total. The second-order valence-electron chi connectivity index (χ2n) is 9.69. The number of aromatic nitrogens is 1. The van der Waals surface area contributed by atoms with Crippen molar-refractivity contribution in [1.29, 1.82) is 0 Å². The van der Waals surface area contributed by atoms with E-state index in [-0.39, 0.29) is 11.9 Å². The normalized spacial score (nSPS) is 17.7. The smallest absolute Gasteiger partial charge is 0.337 e. The maximum Gasteiger partial charge on any atom is 0.337 e. The van der Waals surface area contributed by atoms with E-state index in [0.29, 0.717) is 43.3 Å². The molecular formula is C28H32N4O4. The molecule has 2 aliphatic rings. The van der Waals surface area contributed by atoms with Crippen molar-refractivity contribution >= 4 is 16.9 Å². The van der Waals surface area contributed by atoms with Gasteiger partial charge in [0.25, 0.3) is 0 Å². The van der Waals surface area contributed by atoms with E-state index in [1.54, 1.807) is 7.11 Å². The average Bonchev–Trinajstić information content (AvgIpc) is 3.22. The van der Waals surface area contributed by atoms with Gasteiger partial charge < -0.3 is 18.8 Å². The Labute approximate surface area is 210 Å². The Morgan fingerprint density at radius 3 is 2.78 bits per heavy atom. The lowest BCUT2D eigenvalue weighted by atomic mass is 9.81. The second-order valence-corrected chi connectivity index (χ2v) is 9.69. The van der Waals surface area contributed by atoms with Crippen LogP contribution in [0, 0.1) is 5.92 Å². The number of carbonyl (C=O) groups is 1. The maximum absolute atomic E-state index is 12.5. The van der Waals surface area contributed by atoms with Crippen LogP contribution in [-0.4, -0.2) is 37.9 Å². The van der Waals surface area contributed by atoms with Crippen LogP contribution < -0.4 is 9.47 Å². The number of para-hydroxylation sites is 1. The SMILES string of the molecule is COC(=O)c1ccc2c(C3CCCCC3)c3n(c2c1)C[C@@H](CCN=[N+]=[N-])COc1c(OC)cccc1-3. The molecule has 0 spiro atoms. The van der Waals surface area contributed by atoms with Crippen molar-refractivity contribution in [3.63, 3.8) is 0 Å². The van der Waals surface area contributed by atoms with Crippen LogP contribution in [-0.2, 0) is 11.3 Å². The highest BCUT2D eigenvalue weighted by Gasteiger charge is 2.31. The minimum Gasteiger partial charge on any atom is -0.493 e. The molecule has 3 aromatic rings. The minimum atomic E-state index is -0.345. The fourth-order valence-electron chi connectivity index (χ4n) is 5.89. The van der Waals surface area contributed by atoms with E-state index in [9.17, 15) is 4.79 Å². The Balaban J connectivity index is 1.79. The zero-order valence-corrected chi connectivity index (χ0v) is 20.9. The zero-order chi connectivity index (χ0) is 25.1. The van der Waals surface area contributed by atoms with Crippen molar-refractivity contribution in [2.75, 3.05) is 27.4 Å². The largest absolute Gasteiger partial charge is 0.493 e. The quantitative estimate of drug-likeness (QED) is 0.164. The molecule has 188 valence electrons. The van der Waals surface area contributed by atoms with Crippen molar-refractivity contribution in [2.45, 2.75) is 51.0 Å². The summed E-state index contributed by atoms with van der Waals surface area (Å²) in [5, 5.41) is 4.95. The molecular weight excluding hydrogens is 456 g/mol. The minimum absolute atomic E-state index is 0.115. The third-order valence-electron chi connectivity index (χ3n) is 7.60. The standard InChI is InChI=1S/C28H32N4O4/c1-34-24-10-6-9-22-26-25(19-7-4-3-5-8-19)21-12-11-20(28(33)35-2)15-23(21)32(26)16-18(13-14-30-31-29)17-36-27(22)24/h6,9-12,15,18-19H,3-5,7-8,13-14,16-17H2,1-2H3/t18-/m1/s1. The van der Waals surface area contributed by atoms with Crippen LogP contribution in [0.4, 0.5) is 0 Å². The van der Waals surface area contributed by atoms with E-state index in [1.807, 2.05) is 24.3 Å². The number of hydrogen-bond donors (Lipinski definition) is 0. The van der Waals surface area contributed by atoms with Gasteiger partial charge in [0.05, 0.1) is 32.1 Å². The van der Waals surface area contributed by atoms with E-state index >= 15 is 0 Å². The van der Waals surface area contributed by atoms with Gasteiger partial charge in [0, 0.05) is 40.4 Å². The molecule has 2 heterocycles. The van der Waals surface area contributed by atoms with Gasteiger partial charge in [-0.3, -0.25) is 0 Å². The molecule has 1 aliphatic heterocycles. The number of esters is 1. The fraction of sp³-hybridized carbons (Fsp3) is 0.464. The van der Waals surface area contributed by atoms with E-state index in [2.05, 4.69) is 26.7 Å². The fourth-order valence-corrected chi connectivity index (χ4v) is 5.89. The topological polar surface area (TPSA) is 98.5 Å². The number of azide groups is 1. The van der Waals surface area contributed by atoms with Crippen LogP contribution in [0.1, 0.15) is 60.4 Å². The number of hydrogen-bond acceptors (Lipinski definition) is 5. The number of benzene rings is 2. The summed E-state index contributed by atoms with van der Waals surface area (Å²) in [5.41, 5.74) is 13.9. The molecule has 1 atom stereocenters. The Bertz CT molecular complexity index is 1320. The highest BCUT2D eigenvalue weighted by molar-refractivity contribution is 5.99.